The van der Waals surface area contributed by atoms with E-state index in [1.54, 1.807) is 29.4 Å². The van der Waals surface area contributed by atoms with E-state index < -0.39 is 0 Å². The molecule has 0 aliphatic rings. The van der Waals surface area contributed by atoms with Crippen LogP contribution in [0, 0.1) is 5.82 Å². The Kier molecular flexibility index (Phi) is 2.63. The highest BCUT2D eigenvalue weighted by molar-refractivity contribution is 9.08. The smallest absolute Gasteiger partial charge is 0.129 e. The zero-order chi connectivity index (χ0) is 9.97. The van der Waals surface area contributed by atoms with Crippen LogP contribution in [0.15, 0.2) is 36.9 Å². The highest BCUT2D eigenvalue weighted by atomic mass is 79.9. The summed E-state index contributed by atoms with van der Waals surface area (Å²) in [4.78, 5) is 3.93. The molecule has 0 amide bonds. The van der Waals surface area contributed by atoms with E-state index in [-0.39, 0.29) is 5.82 Å². The van der Waals surface area contributed by atoms with Crippen molar-refractivity contribution in [2.24, 2.45) is 0 Å². The van der Waals surface area contributed by atoms with Crippen LogP contribution in [0.3, 0.4) is 0 Å². The number of rotatable bonds is 2. The fraction of sp³-hybridized carbons (Fsp3) is 0.100. The minimum Gasteiger partial charge on any atom is -0.306 e. The Hall–Kier alpha value is -1.16. The Labute approximate surface area is 89.5 Å². The van der Waals surface area contributed by atoms with Gasteiger partial charge in [-0.2, -0.15) is 0 Å². The van der Waals surface area contributed by atoms with Gasteiger partial charge in [0.05, 0.1) is 12.0 Å². The van der Waals surface area contributed by atoms with Crippen LogP contribution in [0.2, 0.25) is 0 Å². The van der Waals surface area contributed by atoms with Crippen LogP contribution >= 0.6 is 15.9 Å². The summed E-state index contributed by atoms with van der Waals surface area (Å²) in [7, 11) is 0. The van der Waals surface area contributed by atoms with Crippen molar-refractivity contribution in [1.29, 1.82) is 0 Å². The van der Waals surface area contributed by atoms with Crippen molar-refractivity contribution in [2.75, 3.05) is 0 Å². The number of alkyl halides is 1. The van der Waals surface area contributed by atoms with Crippen molar-refractivity contribution in [3.8, 4) is 5.69 Å². The SMILES string of the molecule is Fc1cccc(-n2ccnc2)c1CBr. The molecule has 0 aliphatic heterocycles. The number of hydrogen-bond donors (Lipinski definition) is 0. The molecule has 14 heavy (non-hydrogen) atoms. The summed E-state index contributed by atoms with van der Waals surface area (Å²) in [6.45, 7) is 0. The second-order valence-corrected chi connectivity index (χ2v) is 3.40. The van der Waals surface area contributed by atoms with Gasteiger partial charge in [0.2, 0.25) is 0 Å². The maximum Gasteiger partial charge on any atom is 0.129 e. The molecular weight excluding hydrogens is 247 g/mol. The van der Waals surface area contributed by atoms with Gasteiger partial charge in [-0.1, -0.05) is 22.0 Å². The molecule has 0 N–H and O–H groups in total. The van der Waals surface area contributed by atoms with E-state index in [0.717, 1.165) is 5.69 Å². The zero-order valence-corrected chi connectivity index (χ0v) is 8.91. The molecule has 0 radical (unpaired) electrons. The van der Waals surface area contributed by atoms with E-state index in [1.807, 2.05) is 6.07 Å². The summed E-state index contributed by atoms with van der Waals surface area (Å²) in [6.07, 6.45) is 5.12. The maximum atomic E-state index is 13.4. The number of benzene rings is 1. The molecule has 0 saturated heterocycles. The normalized spacial score (nSPS) is 10.4. The average molecular weight is 255 g/mol. The molecule has 0 unspecified atom stereocenters. The lowest BCUT2D eigenvalue weighted by Crippen LogP contribution is -1.98. The third-order valence-corrected chi connectivity index (χ3v) is 2.57. The van der Waals surface area contributed by atoms with Gasteiger partial charge in [0.25, 0.3) is 0 Å². The Morgan fingerprint density at radius 2 is 2.29 bits per heavy atom. The van der Waals surface area contributed by atoms with Crippen LogP contribution in [0.1, 0.15) is 5.56 Å². The molecule has 1 aromatic heterocycles. The first kappa shape index (κ1) is 9.40. The first-order chi connectivity index (χ1) is 6.83. The van der Waals surface area contributed by atoms with Crippen LogP contribution in [0.25, 0.3) is 5.69 Å². The minimum atomic E-state index is -0.201. The molecule has 0 aliphatic carbocycles. The van der Waals surface area contributed by atoms with Crippen molar-refractivity contribution in [2.45, 2.75) is 5.33 Å². The first-order valence-corrected chi connectivity index (χ1v) is 5.27. The predicted octanol–water partition coefficient (Wildman–Crippen LogP) is 2.91. The highest BCUT2D eigenvalue weighted by Crippen LogP contribution is 2.20. The van der Waals surface area contributed by atoms with Crippen molar-refractivity contribution >= 4 is 15.9 Å². The molecule has 2 rings (SSSR count). The van der Waals surface area contributed by atoms with E-state index in [1.165, 1.54) is 6.07 Å². The van der Waals surface area contributed by atoms with Crippen molar-refractivity contribution in [1.82, 2.24) is 9.55 Å². The Morgan fingerprint density at radius 1 is 1.43 bits per heavy atom. The third-order valence-electron chi connectivity index (χ3n) is 2.01. The topological polar surface area (TPSA) is 17.8 Å². The molecule has 0 fully saturated rings. The van der Waals surface area contributed by atoms with E-state index in [9.17, 15) is 4.39 Å². The molecule has 2 aromatic rings. The molecule has 1 heterocycles. The first-order valence-electron chi connectivity index (χ1n) is 4.14. The quantitative estimate of drug-likeness (QED) is 0.754. The number of imidazole rings is 1. The third kappa shape index (κ3) is 1.57. The molecule has 0 atom stereocenters. The average Bonchev–Trinajstić information content (AvgIpc) is 2.70. The standard InChI is InChI=1S/C10H8BrFN2/c11-6-8-9(12)2-1-3-10(8)14-5-4-13-7-14/h1-5,7H,6H2. The van der Waals surface area contributed by atoms with Crippen molar-refractivity contribution in [3.05, 3.63) is 48.3 Å². The van der Waals surface area contributed by atoms with E-state index in [0.29, 0.717) is 10.9 Å². The molecule has 0 spiro atoms. The fourth-order valence-electron chi connectivity index (χ4n) is 1.32. The summed E-state index contributed by atoms with van der Waals surface area (Å²) in [5, 5.41) is 0.493. The van der Waals surface area contributed by atoms with Crippen LogP contribution in [-0.4, -0.2) is 9.55 Å². The molecule has 0 bridgehead atoms. The van der Waals surface area contributed by atoms with Crippen LogP contribution in [0.5, 0.6) is 0 Å². The second-order valence-electron chi connectivity index (χ2n) is 2.84. The van der Waals surface area contributed by atoms with Crippen molar-refractivity contribution < 1.29 is 4.39 Å². The van der Waals surface area contributed by atoms with Gasteiger partial charge in [0.15, 0.2) is 0 Å². The van der Waals surface area contributed by atoms with Gasteiger partial charge in [-0.3, -0.25) is 0 Å². The van der Waals surface area contributed by atoms with Gasteiger partial charge >= 0.3 is 0 Å². The lowest BCUT2D eigenvalue weighted by atomic mass is 10.2. The van der Waals surface area contributed by atoms with Crippen LogP contribution in [0.4, 0.5) is 4.39 Å². The van der Waals surface area contributed by atoms with Gasteiger partial charge in [0.1, 0.15) is 5.82 Å². The predicted molar refractivity (Wildman–Crippen MR) is 56.2 cm³/mol. The molecular formula is C10H8BrFN2. The number of hydrogen-bond acceptors (Lipinski definition) is 1. The van der Waals surface area contributed by atoms with Gasteiger partial charge in [-0.05, 0) is 12.1 Å². The van der Waals surface area contributed by atoms with Gasteiger partial charge in [0, 0.05) is 23.3 Å². The zero-order valence-electron chi connectivity index (χ0n) is 7.32. The number of aromatic nitrogens is 2. The van der Waals surface area contributed by atoms with Crippen LogP contribution in [-0.2, 0) is 5.33 Å². The molecule has 2 nitrogen and oxygen atoms in total. The van der Waals surface area contributed by atoms with E-state index in [4.69, 9.17) is 0 Å². The summed E-state index contributed by atoms with van der Waals surface area (Å²) >= 11 is 3.27. The molecule has 1 aromatic carbocycles. The lowest BCUT2D eigenvalue weighted by Gasteiger charge is -2.08. The van der Waals surface area contributed by atoms with Gasteiger partial charge < -0.3 is 4.57 Å². The summed E-state index contributed by atoms with van der Waals surface area (Å²) in [6, 6.07) is 5.01. The molecule has 72 valence electrons. The Balaban J connectivity index is 2.58. The van der Waals surface area contributed by atoms with Crippen molar-refractivity contribution in [3.63, 3.8) is 0 Å². The van der Waals surface area contributed by atoms with Crippen LogP contribution < -0.4 is 0 Å². The highest BCUT2D eigenvalue weighted by Gasteiger charge is 2.07. The fourth-order valence-corrected chi connectivity index (χ4v) is 1.88. The summed E-state index contributed by atoms with van der Waals surface area (Å²) < 4.78 is 15.2. The van der Waals surface area contributed by atoms with E-state index >= 15 is 0 Å². The minimum absolute atomic E-state index is 0.201. The number of halogens is 2. The maximum absolute atomic E-state index is 13.4. The summed E-state index contributed by atoms with van der Waals surface area (Å²) in [5.41, 5.74) is 1.46. The summed E-state index contributed by atoms with van der Waals surface area (Å²) in [5.74, 6) is -0.201. The van der Waals surface area contributed by atoms with E-state index in [2.05, 4.69) is 20.9 Å². The largest absolute Gasteiger partial charge is 0.306 e. The molecule has 4 heteroatoms. The lowest BCUT2D eigenvalue weighted by molar-refractivity contribution is 0.616. The number of nitrogens with zero attached hydrogens (tertiary/aromatic N) is 2. The second kappa shape index (κ2) is 3.92. The van der Waals surface area contributed by atoms with Gasteiger partial charge in [-0.15, -0.1) is 0 Å². The Morgan fingerprint density at radius 3 is 2.93 bits per heavy atom. The monoisotopic (exact) mass is 254 g/mol. The Bertz CT molecular complexity index is 426. The van der Waals surface area contributed by atoms with Gasteiger partial charge in [-0.25, -0.2) is 9.37 Å². The molecule has 0 saturated carbocycles.